The van der Waals surface area contributed by atoms with E-state index in [1.165, 1.54) is 16.1 Å². The molecule has 1 aromatic carbocycles. The Morgan fingerprint density at radius 2 is 1.96 bits per heavy atom. The van der Waals surface area contributed by atoms with Gasteiger partial charge in [-0.1, -0.05) is 31.2 Å². The number of hydrogen-bond donors (Lipinski definition) is 2. The molecule has 1 atom stereocenters. The number of rotatable bonds is 6. The normalized spacial score (nSPS) is 14.0. The molecule has 0 fully saturated rings. The van der Waals surface area contributed by atoms with Crippen molar-refractivity contribution in [1.82, 2.24) is 10.6 Å². The molecule has 3 rings (SSSR count). The largest absolute Gasteiger partial charge is 0.361 e. The topological polar surface area (TPSA) is 61.4 Å². The zero-order valence-electron chi connectivity index (χ0n) is 14.3. The van der Waals surface area contributed by atoms with Gasteiger partial charge in [0.05, 0.1) is 6.04 Å². The van der Waals surface area contributed by atoms with Gasteiger partial charge >= 0.3 is 11.8 Å². The summed E-state index contributed by atoms with van der Waals surface area (Å²) in [5.74, 6) is -1.13. The number of benzene rings is 1. The first-order valence-corrected chi connectivity index (χ1v) is 9.52. The molecule has 132 valence electrons. The summed E-state index contributed by atoms with van der Waals surface area (Å²) in [6, 6.07) is 12.5. The molecule has 1 aromatic heterocycles. The number of para-hydroxylation sites is 1. The number of anilines is 1. The van der Waals surface area contributed by atoms with Crippen LogP contribution in [0.5, 0.6) is 0 Å². The van der Waals surface area contributed by atoms with Crippen LogP contribution in [0.25, 0.3) is 0 Å². The van der Waals surface area contributed by atoms with E-state index in [9.17, 15) is 9.59 Å². The lowest BCUT2D eigenvalue weighted by Gasteiger charge is -2.30. The monoisotopic (exact) mass is 357 g/mol. The molecule has 2 N–H and O–H groups in total. The molecule has 5 nitrogen and oxygen atoms in total. The lowest BCUT2D eigenvalue weighted by atomic mass is 10.1. The van der Waals surface area contributed by atoms with Gasteiger partial charge in [0.1, 0.15) is 0 Å². The lowest BCUT2D eigenvalue weighted by Crippen LogP contribution is -2.44. The van der Waals surface area contributed by atoms with Crippen molar-refractivity contribution in [3.63, 3.8) is 0 Å². The van der Waals surface area contributed by atoms with Crippen molar-refractivity contribution in [3.05, 3.63) is 52.2 Å². The Kier molecular flexibility index (Phi) is 5.71. The summed E-state index contributed by atoms with van der Waals surface area (Å²) < 4.78 is 0. The molecular weight excluding hydrogens is 334 g/mol. The SMILES string of the molecule is CCCNC(=O)C(=O)NC[C@@H](c1cccs1)N1CCc2ccccc21. The highest BCUT2D eigenvalue weighted by atomic mass is 32.1. The first-order chi connectivity index (χ1) is 12.2. The number of nitrogens with one attached hydrogen (secondary N) is 2. The van der Waals surface area contributed by atoms with E-state index in [1.807, 2.05) is 24.4 Å². The van der Waals surface area contributed by atoms with Gasteiger partial charge in [-0.25, -0.2) is 0 Å². The second-order valence-electron chi connectivity index (χ2n) is 6.07. The highest BCUT2D eigenvalue weighted by Gasteiger charge is 2.28. The first-order valence-electron chi connectivity index (χ1n) is 8.64. The summed E-state index contributed by atoms with van der Waals surface area (Å²) in [7, 11) is 0. The van der Waals surface area contributed by atoms with E-state index in [0.29, 0.717) is 13.1 Å². The zero-order chi connectivity index (χ0) is 17.6. The van der Waals surface area contributed by atoms with Crippen LogP contribution in [0.3, 0.4) is 0 Å². The molecule has 2 aromatic rings. The Bertz CT molecular complexity index is 730. The van der Waals surface area contributed by atoms with Crippen LogP contribution in [0.4, 0.5) is 5.69 Å². The standard InChI is InChI=1S/C19H23N3O2S/c1-2-10-20-18(23)19(24)21-13-16(17-8-5-12-25-17)22-11-9-14-6-3-4-7-15(14)22/h3-8,12,16H,2,9-11,13H2,1H3,(H,20,23)(H,21,24)/t16-/m0/s1. The van der Waals surface area contributed by atoms with Crippen molar-refractivity contribution in [2.24, 2.45) is 0 Å². The Labute approximate surface area is 152 Å². The van der Waals surface area contributed by atoms with E-state index in [4.69, 9.17) is 0 Å². The van der Waals surface area contributed by atoms with Crippen LogP contribution in [-0.4, -0.2) is 31.4 Å². The Morgan fingerprint density at radius 1 is 1.16 bits per heavy atom. The average Bonchev–Trinajstić information content (AvgIpc) is 3.30. The van der Waals surface area contributed by atoms with E-state index in [1.54, 1.807) is 11.3 Å². The molecule has 0 bridgehead atoms. The third-order valence-corrected chi connectivity index (χ3v) is 5.34. The van der Waals surface area contributed by atoms with Gasteiger partial charge in [-0.05, 0) is 35.9 Å². The van der Waals surface area contributed by atoms with Crippen LogP contribution in [0.1, 0.15) is 29.8 Å². The molecule has 0 saturated heterocycles. The van der Waals surface area contributed by atoms with E-state index in [-0.39, 0.29) is 6.04 Å². The van der Waals surface area contributed by atoms with Gasteiger partial charge < -0.3 is 15.5 Å². The fraction of sp³-hybridized carbons (Fsp3) is 0.368. The number of amides is 2. The Hall–Kier alpha value is -2.34. The third kappa shape index (κ3) is 4.02. The predicted molar refractivity (Wildman–Crippen MR) is 101 cm³/mol. The Balaban J connectivity index is 1.72. The molecule has 2 amide bonds. The predicted octanol–water partition coefficient (Wildman–Crippen LogP) is 2.49. The van der Waals surface area contributed by atoms with Crippen molar-refractivity contribution < 1.29 is 9.59 Å². The summed E-state index contributed by atoms with van der Waals surface area (Å²) in [5, 5.41) is 7.46. The quantitative estimate of drug-likeness (QED) is 0.781. The molecule has 0 unspecified atom stereocenters. The molecule has 0 radical (unpaired) electrons. The summed E-state index contributed by atoms with van der Waals surface area (Å²) in [6.45, 7) is 3.79. The van der Waals surface area contributed by atoms with Gasteiger partial charge in [0.15, 0.2) is 0 Å². The Morgan fingerprint density at radius 3 is 2.72 bits per heavy atom. The van der Waals surface area contributed by atoms with Crippen LogP contribution < -0.4 is 15.5 Å². The maximum Gasteiger partial charge on any atom is 0.309 e. The summed E-state index contributed by atoms with van der Waals surface area (Å²) in [6.07, 6.45) is 1.81. The van der Waals surface area contributed by atoms with E-state index >= 15 is 0 Å². The van der Waals surface area contributed by atoms with Crippen molar-refractivity contribution in [2.75, 3.05) is 24.5 Å². The first kappa shape index (κ1) is 17.5. The minimum Gasteiger partial charge on any atom is -0.361 e. The van der Waals surface area contributed by atoms with Crippen LogP contribution in [0.2, 0.25) is 0 Å². The maximum atomic E-state index is 12.0. The molecular formula is C19H23N3O2S. The molecule has 1 aliphatic rings. The van der Waals surface area contributed by atoms with Crippen molar-refractivity contribution in [2.45, 2.75) is 25.8 Å². The van der Waals surface area contributed by atoms with E-state index < -0.39 is 11.8 Å². The van der Waals surface area contributed by atoms with Crippen LogP contribution in [0, 0.1) is 0 Å². The van der Waals surface area contributed by atoms with Gasteiger partial charge in [0, 0.05) is 30.2 Å². The van der Waals surface area contributed by atoms with Gasteiger partial charge in [-0.2, -0.15) is 0 Å². The molecule has 0 aliphatic carbocycles. The number of carbonyl (C=O) groups is 2. The van der Waals surface area contributed by atoms with Gasteiger partial charge in [-0.15, -0.1) is 11.3 Å². The summed E-state index contributed by atoms with van der Waals surface area (Å²) in [4.78, 5) is 27.3. The van der Waals surface area contributed by atoms with Gasteiger partial charge in [-0.3, -0.25) is 9.59 Å². The maximum absolute atomic E-state index is 12.0. The number of thiophene rings is 1. The van der Waals surface area contributed by atoms with Crippen LogP contribution >= 0.6 is 11.3 Å². The molecule has 0 saturated carbocycles. The zero-order valence-corrected chi connectivity index (χ0v) is 15.1. The lowest BCUT2D eigenvalue weighted by molar-refractivity contribution is -0.139. The molecule has 1 aliphatic heterocycles. The summed E-state index contributed by atoms with van der Waals surface area (Å²) >= 11 is 1.67. The molecule has 0 spiro atoms. The average molecular weight is 357 g/mol. The van der Waals surface area contributed by atoms with Crippen LogP contribution in [-0.2, 0) is 16.0 Å². The fourth-order valence-electron chi connectivity index (χ4n) is 3.12. The minimum absolute atomic E-state index is 0.0339. The van der Waals surface area contributed by atoms with Crippen molar-refractivity contribution >= 4 is 28.8 Å². The molecule has 25 heavy (non-hydrogen) atoms. The van der Waals surface area contributed by atoms with Gasteiger partial charge in [0.2, 0.25) is 0 Å². The number of hydrogen-bond acceptors (Lipinski definition) is 4. The summed E-state index contributed by atoms with van der Waals surface area (Å²) in [5.41, 5.74) is 2.54. The third-order valence-electron chi connectivity index (χ3n) is 4.37. The molecule has 6 heteroatoms. The number of carbonyl (C=O) groups excluding carboxylic acids is 2. The second-order valence-corrected chi connectivity index (χ2v) is 7.05. The minimum atomic E-state index is -0.567. The van der Waals surface area contributed by atoms with Crippen LogP contribution in [0.15, 0.2) is 41.8 Å². The smallest absolute Gasteiger partial charge is 0.309 e. The van der Waals surface area contributed by atoms with Crippen molar-refractivity contribution in [3.8, 4) is 0 Å². The second kappa shape index (κ2) is 8.16. The number of fused-ring (bicyclic) bond motifs is 1. The van der Waals surface area contributed by atoms with Gasteiger partial charge in [0.25, 0.3) is 0 Å². The van der Waals surface area contributed by atoms with E-state index in [0.717, 1.165) is 19.4 Å². The fourth-order valence-corrected chi connectivity index (χ4v) is 3.96. The van der Waals surface area contributed by atoms with E-state index in [2.05, 4.69) is 39.8 Å². The molecule has 2 heterocycles. The highest BCUT2D eigenvalue weighted by molar-refractivity contribution is 7.10. The van der Waals surface area contributed by atoms with Crippen molar-refractivity contribution in [1.29, 1.82) is 0 Å². The highest BCUT2D eigenvalue weighted by Crippen LogP contribution is 2.36. The number of nitrogens with zero attached hydrogens (tertiary/aromatic N) is 1.